The summed E-state index contributed by atoms with van der Waals surface area (Å²) >= 11 is 0. The summed E-state index contributed by atoms with van der Waals surface area (Å²) in [7, 11) is 0. The summed E-state index contributed by atoms with van der Waals surface area (Å²) in [6.07, 6.45) is 15.1. The second-order valence-electron chi connectivity index (χ2n) is 7.32. The van der Waals surface area contributed by atoms with Crippen LogP contribution < -0.4 is 4.74 Å². The van der Waals surface area contributed by atoms with Crippen molar-refractivity contribution in [1.82, 2.24) is 0 Å². The van der Waals surface area contributed by atoms with Crippen LogP contribution in [0.5, 0.6) is 5.75 Å². The van der Waals surface area contributed by atoms with Gasteiger partial charge in [0, 0.05) is 6.42 Å². The van der Waals surface area contributed by atoms with E-state index < -0.39 is 0 Å². The maximum atomic E-state index is 11.9. The van der Waals surface area contributed by atoms with Crippen LogP contribution in [0.2, 0.25) is 0 Å². The molecule has 1 aromatic carbocycles. The van der Waals surface area contributed by atoms with Crippen molar-refractivity contribution in [2.45, 2.75) is 84.5 Å². The highest BCUT2D eigenvalue weighted by Gasteiger charge is 2.15. The van der Waals surface area contributed by atoms with E-state index in [2.05, 4.69) is 32.1 Å². The Bertz CT molecular complexity index is 542. The highest BCUT2D eigenvalue weighted by Crippen LogP contribution is 2.33. The second-order valence-corrected chi connectivity index (χ2v) is 7.32. The minimum absolute atomic E-state index is 0.112. The number of carbonyl (C=O) groups excluding carboxylic acids is 1. The molecule has 1 aliphatic rings. The van der Waals surface area contributed by atoms with E-state index >= 15 is 0 Å². The van der Waals surface area contributed by atoms with Crippen molar-refractivity contribution in [2.75, 3.05) is 0 Å². The van der Waals surface area contributed by atoms with Gasteiger partial charge >= 0.3 is 5.97 Å². The Morgan fingerprint density at radius 1 is 1.04 bits per heavy atom. The standard InChI is InChI=1S/C23H34O2/c1-3-5-7-8-10-23(24)25-22-17-15-21(16-18-22)20-13-11-19(12-14-20)9-6-4-2/h13,15-19H,3-12,14H2,1-2H3. The normalized spacial score (nSPS) is 17.2. The molecule has 0 spiro atoms. The lowest BCUT2D eigenvalue weighted by Crippen LogP contribution is -2.08. The minimum Gasteiger partial charge on any atom is -0.427 e. The van der Waals surface area contributed by atoms with Crippen molar-refractivity contribution in [3.8, 4) is 5.75 Å². The third-order valence-electron chi connectivity index (χ3n) is 5.18. The van der Waals surface area contributed by atoms with E-state index in [-0.39, 0.29) is 5.97 Å². The Labute approximate surface area is 153 Å². The smallest absolute Gasteiger partial charge is 0.311 e. The highest BCUT2D eigenvalue weighted by atomic mass is 16.5. The van der Waals surface area contributed by atoms with Crippen molar-refractivity contribution >= 4 is 11.5 Å². The fraction of sp³-hybridized carbons (Fsp3) is 0.609. The topological polar surface area (TPSA) is 26.3 Å². The molecule has 1 atom stereocenters. The summed E-state index contributed by atoms with van der Waals surface area (Å²) in [5.41, 5.74) is 2.72. The number of unbranched alkanes of at least 4 members (excludes halogenated alkanes) is 4. The maximum Gasteiger partial charge on any atom is 0.311 e. The third-order valence-corrected chi connectivity index (χ3v) is 5.18. The summed E-state index contributed by atoms with van der Waals surface area (Å²) in [6.45, 7) is 4.44. The van der Waals surface area contributed by atoms with Crippen LogP contribution in [0, 0.1) is 5.92 Å². The lowest BCUT2D eigenvalue weighted by molar-refractivity contribution is -0.134. The van der Waals surface area contributed by atoms with Gasteiger partial charge in [-0.05, 0) is 54.9 Å². The second kappa shape index (κ2) is 11.1. The summed E-state index contributed by atoms with van der Waals surface area (Å²) in [5, 5.41) is 0. The van der Waals surface area contributed by atoms with Crippen LogP contribution in [-0.2, 0) is 4.79 Å². The molecule has 0 bridgehead atoms. The third kappa shape index (κ3) is 7.05. The van der Waals surface area contributed by atoms with E-state index in [4.69, 9.17) is 4.74 Å². The predicted octanol–water partition coefficient (Wildman–Crippen LogP) is 6.94. The monoisotopic (exact) mass is 342 g/mol. The number of hydrogen-bond donors (Lipinski definition) is 0. The first kappa shape index (κ1) is 19.8. The molecular weight excluding hydrogens is 308 g/mol. The average molecular weight is 343 g/mol. The number of rotatable bonds is 10. The summed E-state index contributed by atoms with van der Waals surface area (Å²) in [6, 6.07) is 8.06. The van der Waals surface area contributed by atoms with Crippen molar-refractivity contribution in [1.29, 1.82) is 0 Å². The van der Waals surface area contributed by atoms with Gasteiger partial charge in [-0.1, -0.05) is 70.6 Å². The van der Waals surface area contributed by atoms with E-state index in [1.807, 2.05) is 12.1 Å². The van der Waals surface area contributed by atoms with Crippen LogP contribution in [0.1, 0.15) is 90.0 Å². The van der Waals surface area contributed by atoms with E-state index in [9.17, 15) is 4.79 Å². The zero-order valence-electron chi connectivity index (χ0n) is 16.1. The van der Waals surface area contributed by atoms with Gasteiger partial charge in [0.2, 0.25) is 0 Å². The largest absolute Gasteiger partial charge is 0.427 e. The van der Waals surface area contributed by atoms with Crippen LogP contribution in [-0.4, -0.2) is 5.97 Å². The van der Waals surface area contributed by atoms with E-state index in [0.29, 0.717) is 12.2 Å². The molecule has 0 N–H and O–H groups in total. The zero-order valence-corrected chi connectivity index (χ0v) is 16.1. The number of hydrogen-bond acceptors (Lipinski definition) is 2. The number of carbonyl (C=O) groups is 1. The lowest BCUT2D eigenvalue weighted by atomic mass is 9.84. The summed E-state index contributed by atoms with van der Waals surface area (Å²) < 4.78 is 5.44. The van der Waals surface area contributed by atoms with Crippen LogP contribution in [0.15, 0.2) is 30.3 Å². The molecule has 2 nitrogen and oxygen atoms in total. The molecular formula is C23H34O2. The van der Waals surface area contributed by atoms with Crippen LogP contribution >= 0.6 is 0 Å². The predicted molar refractivity (Wildman–Crippen MR) is 106 cm³/mol. The fourth-order valence-corrected chi connectivity index (χ4v) is 3.52. The maximum absolute atomic E-state index is 11.9. The Hall–Kier alpha value is -1.57. The SMILES string of the molecule is CCCCCCC(=O)Oc1ccc(C2=CCC(CCCC)CC2)cc1. The van der Waals surface area contributed by atoms with Gasteiger partial charge in [-0.3, -0.25) is 4.79 Å². The number of esters is 1. The Morgan fingerprint density at radius 2 is 1.80 bits per heavy atom. The van der Waals surface area contributed by atoms with Crippen LogP contribution in [0.25, 0.3) is 5.57 Å². The van der Waals surface area contributed by atoms with Crippen LogP contribution in [0.4, 0.5) is 0 Å². The molecule has 25 heavy (non-hydrogen) atoms. The molecule has 0 heterocycles. The highest BCUT2D eigenvalue weighted by molar-refractivity contribution is 5.73. The van der Waals surface area contributed by atoms with Gasteiger partial charge in [-0.25, -0.2) is 0 Å². The van der Waals surface area contributed by atoms with Gasteiger partial charge in [0.05, 0.1) is 0 Å². The molecule has 1 unspecified atom stereocenters. The molecule has 2 rings (SSSR count). The fourth-order valence-electron chi connectivity index (χ4n) is 3.52. The molecule has 0 radical (unpaired) electrons. The quantitative estimate of drug-likeness (QED) is 0.261. The molecule has 0 amide bonds. The number of allylic oxidation sites excluding steroid dienone is 2. The van der Waals surface area contributed by atoms with Crippen molar-refractivity contribution in [3.05, 3.63) is 35.9 Å². The lowest BCUT2D eigenvalue weighted by Gasteiger charge is -2.22. The van der Waals surface area contributed by atoms with Gasteiger partial charge in [-0.15, -0.1) is 0 Å². The molecule has 0 fully saturated rings. The Kier molecular flexibility index (Phi) is 8.79. The van der Waals surface area contributed by atoms with Crippen LogP contribution in [0.3, 0.4) is 0 Å². The first-order chi connectivity index (χ1) is 12.2. The first-order valence-corrected chi connectivity index (χ1v) is 10.2. The molecule has 1 aromatic rings. The molecule has 1 aliphatic carbocycles. The average Bonchev–Trinajstić information content (AvgIpc) is 2.65. The molecule has 138 valence electrons. The first-order valence-electron chi connectivity index (χ1n) is 10.2. The van der Waals surface area contributed by atoms with Gasteiger partial charge in [0.15, 0.2) is 0 Å². The summed E-state index contributed by atoms with van der Waals surface area (Å²) in [5.74, 6) is 1.43. The van der Waals surface area contributed by atoms with E-state index in [0.717, 1.165) is 18.8 Å². The number of ether oxygens (including phenoxy) is 1. The van der Waals surface area contributed by atoms with Crippen molar-refractivity contribution < 1.29 is 9.53 Å². The van der Waals surface area contributed by atoms with Gasteiger partial charge in [-0.2, -0.15) is 0 Å². The number of benzene rings is 1. The minimum atomic E-state index is -0.112. The van der Waals surface area contributed by atoms with Gasteiger partial charge in [0.25, 0.3) is 0 Å². The van der Waals surface area contributed by atoms with E-state index in [1.54, 1.807) is 0 Å². The van der Waals surface area contributed by atoms with Crippen molar-refractivity contribution in [2.24, 2.45) is 5.92 Å². The van der Waals surface area contributed by atoms with E-state index in [1.165, 1.54) is 62.5 Å². The molecule has 0 saturated heterocycles. The van der Waals surface area contributed by atoms with Gasteiger partial charge < -0.3 is 4.74 Å². The molecule has 0 aromatic heterocycles. The van der Waals surface area contributed by atoms with Gasteiger partial charge in [0.1, 0.15) is 5.75 Å². The molecule has 0 saturated carbocycles. The zero-order chi connectivity index (χ0) is 17.9. The Balaban J connectivity index is 1.80. The van der Waals surface area contributed by atoms with Crippen molar-refractivity contribution in [3.63, 3.8) is 0 Å². The Morgan fingerprint density at radius 3 is 2.44 bits per heavy atom. The molecule has 0 aliphatic heterocycles. The molecule has 2 heteroatoms. The summed E-state index contributed by atoms with van der Waals surface area (Å²) in [4.78, 5) is 11.9.